The second kappa shape index (κ2) is 7.09. The predicted molar refractivity (Wildman–Crippen MR) is 118 cm³/mol. The van der Waals surface area contributed by atoms with Crippen molar-refractivity contribution in [1.82, 2.24) is 4.90 Å². The number of hydrogen-bond donors (Lipinski definition) is 1. The number of nitrogens with two attached hydrogens (primary N) is 1. The summed E-state index contributed by atoms with van der Waals surface area (Å²) < 4.78 is 40.1. The average Bonchev–Trinajstić information content (AvgIpc) is 2.72. The number of carbonyl (C=O) groups excluding carboxylic acids is 1. The molecule has 0 spiro atoms. The number of alkyl halides is 3. The quantitative estimate of drug-likeness (QED) is 0.634. The van der Waals surface area contributed by atoms with Crippen LogP contribution in [0.1, 0.15) is 57.9 Å². The maximum atomic E-state index is 14.1. The molecular weight excluding hydrogens is 413 g/mol. The lowest BCUT2D eigenvalue weighted by Gasteiger charge is -2.63. The molecule has 174 valence electrons. The van der Waals surface area contributed by atoms with Crippen molar-refractivity contribution in [2.75, 3.05) is 13.1 Å². The van der Waals surface area contributed by atoms with Crippen LogP contribution in [-0.2, 0) is 10.2 Å². The molecule has 3 atom stereocenters. The number of amides is 1. The molecule has 32 heavy (non-hydrogen) atoms. The topological polar surface area (TPSA) is 46.3 Å². The third-order valence-corrected chi connectivity index (χ3v) is 8.94. The van der Waals surface area contributed by atoms with Crippen LogP contribution in [0.4, 0.5) is 13.2 Å². The highest BCUT2D eigenvalue weighted by molar-refractivity contribution is 5.84. The van der Waals surface area contributed by atoms with Gasteiger partial charge >= 0.3 is 6.18 Å². The second-order valence-electron chi connectivity index (χ2n) is 11.6. The second-order valence-corrected chi connectivity index (χ2v) is 11.6. The van der Waals surface area contributed by atoms with Gasteiger partial charge in [0.15, 0.2) is 0 Å². The molecule has 1 aliphatic heterocycles. The van der Waals surface area contributed by atoms with Gasteiger partial charge in [0.25, 0.3) is 0 Å². The molecule has 1 amide bonds. The smallest absolute Gasteiger partial charge is 0.342 e. The summed E-state index contributed by atoms with van der Waals surface area (Å²) >= 11 is 0. The Bertz CT molecular complexity index is 918. The first kappa shape index (κ1) is 22.0. The summed E-state index contributed by atoms with van der Waals surface area (Å²) in [4.78, 5) is 16.0. The molecular formula is C26H33F3N2O. The largest absolute Gasteiger partial charge is 0.409 e. The Balaban J connectivity index is 1.53. The fraction of sp³-hybridized carbons (Fsp3) is 0.654. The summed E-state index contributed by atoms with van der Waals surface area (Å²) in [5.74, 6) is -0.206. The van der Waals surface area contributed by atoms with Gasteiger partial charge in [0, 0.05) is 25.2 Å². The van der Waals surface area contributed by atoms with Crippen LogP contribution in [0.5, 0.6) is 0 Å². The van der Waals surface area contributed by atoms with Gasteiger partial charge in [-0.3, -0.25) is 4.79 Å². The van der Waals surface area contributed by atoms with Crippen molar-refractivity contribution < 1.29 is 18.0 Å². The summed E-state index contributed by atoms with van der Waals surface area (Å²) in [5, 5.41) is 0. The first-order chi connectivity index (χ1) is 14.9. The monoisotopic (exact) mass is 446 g/mol. The fourth-order valence-corrected chi connectivity index (χ4v) is 7.63. The van der Waals surface area contributed by atoms with Gasteiger partial charge in [-0.2, -0.15) is 13.2 Å². The van der Waals surface area contributed by atoms with E-state index in [2.05, 4.69) is 26.0 Å². The lowest BCUT2D eigenvalue weighted by atomic mass is 9.41. The van der Waals surface area contributed by atoms with Crippen molar-refractivity contribution in [3.63, 3.8) is 0 Å². The summed E-state index contributed by atoms with van der Waals surface area (Å²) in [6.07, 6.45) is 0.267. The highest BCUT2D eigenvalue weighted by Crippen LogP contribution is 2.68. The molecule has 4 aliphatic carbocycles. The number of piperidine rings is 1. The van der Waals surface area contributed by atoms with E-state index in [1.165, 1.54) is 5.56 Å². The van der Waals surface area contributed by atoms with Crippen LogP contribution in [0, 0.1) is 22.7 Å². The maximum Gasteiger partial charge on any atom is 0.409 e. The maximum absolute atomic E-state index is 14.1. The van der Waals surface area contributed by atoms with Crippen molar-refractivity contribution in [2.24, 2.45) is 28.4 Å². The molecule has 4 bridgehead atoms. The molecule has 1 aromatic carbocycles. The van der Waals surface area contributed by atoms with Gasteiger partial charge in [-0.05, 0) is 66.8 Å². The summed E-state index contributed by atoms with van der Waals surface area (Å²) in [7, 11) is 0. The van der Waals surface area contributed by atoms with E-state index in [1.807, 2.05) is 23.1 Å². The van der Waals surface area contributed by atoms with Crippen LogP contribution in [-0.4, -0.2) is 36.1 Å². The molecule has 1 aromatic rings. The lowest BCUT2D eigenvalue weighted by molar-refractivity contribution is -0.159. The van der Waals surface area contributed by atoms with Crippen LogP contribution < -0.4 is 5.73 Å². The van der Waals surface area contributed by atoms with E-state index in [-0.39, 0.29) is 34.6 Å². The van der Waals surface area contributed by atoms with Crippen LogP contribution in [0.15, 0.2) is 42.0 Å². The Morgan fingerprint density at radius 1 is 1.09 bits per heavy atom. The fourth-order valence-electron chi connectivity index (χ4n) is 7.63. The summed E-state index contributed by atoms with van der Waals surface area (Å²) in [6.45, 7) is 5.47. The number of allylic oxidation sites excluding steroid dienone is 2. The number of nitrogens with zero attached hydrogens (tertiary/aromatic N) is 1. The summed E-state index contributed by atoms with van der Waals surface area (Å²) in [5.41, 5.74) is 7.08. The lowest BCUT2D eigenvalue weighted by Crippen LogP contribution is -2.63. The first-order valence-corrected chi connectivity index (χ1v) is 11.8. The van der Waals surface area contributed by atoms with E-state index in [0.717, 1.165) is 12.8 Å². The molecule has 5 aliphatic rings. The van der Waals surface area contributed by atoms with Crippen molar-refractivity contribution in [3.05, 3.63) is 47.5 Å². The molecule has 4 saturated carbocycles. The zero-order chi connectivity index (χ0) is 22.9. The molecule has 1 heterocycles. The highest BCUT2D eigenvalue weighted by atomic mass is 19.4. The number of hydrogen-bond acceptors (Lipinski definition) is 2. The molecule has 0 aromatic heterocycles. The van der Waals surface area contributed by atoms with Gasteiger partial charge in [-0.1, -0.05) is 49.8 Å². The minimum atomic E-state index is -4.31. The molecule has 2 unspecified atom stereocenters. The van der Waals surface area contributed by atoms with Crippen LogP contribution >= 0.6 is 0 Å². The Morgan fingerprint density at radius 2 is 1.72 bits per heavy atom. The SMILES string of the molecule is CC1(C)CN(C(=O)C23CC4CC(c5ccccc5)(CC(C2)C4=CC(F)(F)F)C3)CC[C@@H]1N. The van der Waals surface area contributed by atoms with E-state index >= 15 is 0 Å². The van der Waals surface area contributed by atoms with Crippen molar-refractivity contribution >= 4 is 5.91 Å². The minimum absolute atomic E-state index is 0.0555. The summed E-state index contributed by atoms with van der Waals surface area (Å²) in [6, 6.07) is 10.2. The van der Waals surface area contributed by atoms with Crippen LogP contribution in [0.25, 0.3) is 0 Å². The number of benzene rings is 1. The molecule has 6 heteroatoms. The van der Waals surface area contributed by atoms with E-state index in [9.17, 15) is 18.0 Å². The number of rotatable bonds is 2. The van der Waals surface area contributed by atoms with Crippen LogP contribution in [0.2, 0.25) is 0 Å². The molecule has 6 rings (SSSR count). The molecule has 2 N–H and O–H groups in total. The van der Waals surface area contributed by atoms with Gasteiger partial charge in [0.2, 0.25) is 5.91 Å². The van der Waals surface area contributed by atoms with Crippen molar-refractivity contribution in [2.45, 2.75) is 70.0 Å². The van der Waals surface area contributed by atoms with Crippen molar-refractivity contribution in [1.29, 1.82) is 0 Å². The predicted octanol–water partition coefficient (Wildman–Crippen LogP) is 5.21. The zero-order valence-electron chi connectivity index (χ0n) is 18.9. The van der Waals surface area contributed by atoms with Gasteiger partial charge in [0.05, 0.1) is 5.41 Å². The number of likely N-dealkylation sites (tertiary alicyclic amines) is 1. The van der Waals surface area contributed by atoms with E-state index in [0.29, 0.717) is 50.4 Å². The Morgan fingerprint density at radius 3 is 2.28 bits per heavy atom. The molecule has 1 saturated heterocycles. The number of halogens is 3. The normalized spacial score (nSPS) is 38.1. The Hall–Kier alpha value is -1.82. The third-order valence-electron chi connectivity index (χ3n) is 8.94. The Kier molecular flexibility index (Phi) is 4.87. The molecule has 3 nitrogen and oxygen atoms in total. The van der Waals surface area contributed by atoms with E-state index in [1.54, 1.807) is 0 Å². The highest BCUT2D eigenvalue weighted by Gasteiger charge is 2.63. The Labute approximate surface area is 188 Å². The number of carbonyl (C=O) groups is 1. The standard InChI is InChI=1S/C26H33F3N2O/c1-23(2)16-31(9-8-21(23)30)22(32)25-12-17-10-24(15-25,19-6-4-3-5-7-19)11-18(13-25)20(17)14-26(27,28)29/h3-7,14,17-18,21H,8-13,15-16,30H2,1-2H3/t17?,18?,21-,24?,25?/m0/s1. The van der Waals surface area contributed by atoms with Crippen LogP contribution in [0.3, 0.4) is 0 Å². The minimum Gasteiger partial charge on any atom is -0.342 e. The molecule has 0 radical (unpaired) electrons. The van der Waals surface area contributed by atoms with E-state index < -0.39 is 11.6 Å². The molecule has 5 fully saturated rings. The van der Waals surface area contributed by atoms with Gasteiger partial charge < -0.3 is 10.6 Å². The van der Waals surface area contributed by atoms with Gasteiger partial charge in [-0.25, -0.2) is 0 Å². The first-order valence-electron chi connectivity index (χ1n) is 11.8. The van der Waals surface area contributed by atoms with Gasteiger partial charge in [0.1, 0.15) is 0 Å². The van der Waals surface area contributed by atoms with Gasteiger partial charge in [-0.15, -0.1) is 0 Å². The van der Waals surface area contributed by atoms with E-state index in [4.69, 9.17) is 5.73 Å². The zero-order valence-corrected chi connectivity index (χ0v) is 18.9. The van der Waals surface area contributed by atoms with Crippen molar-refractivity contribution in [3.8, 4) is 0 Å². The third kappa shape index (κ3) is 3.49. The average molecular weight is 447 g/mol.